The number of carboxylic acids is 1. The van der Waals surface area contributed by atoms with Gasteiger partial charge in [-0.1, -0.05) is 49.4 Å². The topological polar surface area (TPSA) is 80.6 Å². The molecule has 6 heteroatoms. The number of amides is 1. The maximum absolute atomic E-state index is 13.0. The van der Waals surface area contributed by atoms with E-state index in [4.69, 9.17) is 4.74 Å². The lowest BCUT2D eigenvalue weighted by Gasteiger charge is -2.16. The minimum Gasteiger partial charge on any atom is -0.496 e. The van der Waals surface area contributed by atoms with Crippen LogP contribution in [0.15, 0.2) is 79.0 Å². The molecular weight excluding hydrogens is 416 g/mol. The van der Waals surface area contributed by atoms with Crippen molar-refractivity contribution >= 4 is 28.5 Å². The van der Waals surface area contributed by atoms with Crippen molar-refractivity contribution in [1.82, 2.24) is 4.57 Å². The normalized spacial score (nSPS) is 11.8. The van der Waals surface area contributed by atoms with Crippen molar-refractivity contribution in [1.29, 1.82) is 0 Å². The zero-order chi connectivity index (χ0) is 23.4. The van der Waals surface area contributed by atoms with Crippen molar-refractivity contribution in [2.45, 2.75) is 25.8 Å². The summed E-state index contributed by atoms with van der Waals surface area (Å²) < 4.78 is 7.47. The maximum Gasteiger partial charge on any atom is 0.335 e. The number of carbonyl (C=O) groups excluding carboxylic acids is 1. The molecule has 0 fully saturated rings. The van der Waals surface area contributed by atoms with Crippen LogP contribution in [0.25, 0.3) is 10.9 Å². The van der Waals surface area contributed by atoms with Gasteiger partial charge in [-0.15, -0.1) is 0 Å². The molecule has 168 valence electrons. The van der Waals surface area contributed by atoms with Gasteiger partial charge in [0.15, 0.2) is 0 Å². The predicted molar refractivity (Wildman–Crippen MR) is 129 cm³/mol. The molecule has 1 amide bonds. The number of hydrogen-bond donors (Lipinski definition) is 2. The van der Waals surface area contributed by atoms with Gasteiger partial charge in [0.05, 0.1) is 30.7 Å². The van der Waals surface area contributed by atoms with Crippen LogP contribution in [0, 0.1) is 0 Å². The standard InChI is InChI=1S/C27H26N2O4/c1-3-23(18-7-5-4-6-8-18)26(30)28-22-12-11-19-13-14-29(24(19)16-22)17-21-10-9-20(27(31)32)15-25(21)33-2/h4-16,23H,3,17H2,1-2H3,(H,28,30)(H,31,32)/t23-/m1/s1. The number of fused-ring (bicyclic) bond motifs is 1. The first-order valence-electron chi connectivity index (χ1n) is 10.8. The summed E-state index contributed by atoms with van der Waals surface area (Å²) in [6.07, 6.45) is 2.68. The van der Waals surface area contributed by atoms with Gasteiger partial charge in [0.1, 0.15) is 5.75 Å². The van der Waals surface area contributed by atoms with Crippen LogP contribution in [0.3, 0.4) is 0 Å². The molecule has 3 aromatic carbocycles. The molecule has 1 heterocycles. The molecule has 0 saturated heterocycles. The van der Waals surface area contributed by atoms with Crippen LogP contribution in [0.5, 0.6) is 5.75 Å². The first-order chi connectivity index (χ1) is 16.0. The van der Waals surface area contributed by atoms with Crippen molar-refractivity contribution in [2.24, 2.45) is 0 Å². The Kier molecular flexibility index (Phi) is 6.45. The van der Waals surface area contributed by atoms with E-state index in [0.29, 0.717) is 18.7 Å². The number of nitrogens with zero attached hydrogens (tertiary/aromatic N) is 1. The molecule has 0 bridgehead atoms. The minimum absolute atomic E-state index is 0.0351. The molecule has 2 N–H and O–H groups in total. The highest BCUT2D eigenvalue weighted by Gasteiger charge is 2.19. The maximum atomic E-state index is 13.0. The average molecular weight is 443 g/mol. The van der Waals surface area contributed by atoms with Gasteiger partial charge in [-0.3, -0.25) is 4.79 Å². The highest BCUT2D eigenvalue weighted by Crippen LogP contribution is 2.27. The van der Waals surface area contributed by atoms with Gasteiger partial charge in [-0.25, -0.2) is 4.79 Å². The largest absolute Gasteiger partial charge is 0.496 e. The minimum atomic E-state index is -0.993. The van der Waals surface area contributed by atoms with E-state index in [-0.39, 0.29) is 17.4 Å². The van der Waals surface area contributed by atoms with Crippen LogP contribution in [-0.4, -0.2) is 28.7 Å². The number of rotatable bonds is 8. The molecular formula is C27H26N2O4. The van der Waals surface area contributed by atoms with Crippen molar-refractivity contribution in [3.63, 3.8) is 0 Å². The Balaban J connectivity index is 1.59. The second kappa shape index (κ2) is 9.61. The Morgan fingerprint density at radius 1 is 1.03 bits per heavy atom. The lowest BCUT2D eigenvalue weighted by molar-refractivity contribution is -0.117. The number of benzene rings is 3. The summed E-state index contributed by atoms with van der Waals surface area (Å²) >= 11 is 0. The number of ether oxygens (including phenoxy) is 1. The van der Waals surface area contributed by atoms with Crippen LogP contribution in [0.1, 0.15) is 40.7 Å². The fourth-order valence-corrected chi connectivity index (χ4v) is 4.08. The highest BCUT2D eigenvalue weighted by molar-refractivity contribution is 5.97. The van der Waals surface area contributed by atoms with Crippen molar-refractivity contribution in [3.05, 3.63) is 95.7 Å². The Morgan fingerprint density at radius 3 is 2.52 bits per heavy atom. The third kappa shape index (κ3) is 4.75. The third-order valence-corrected chi connectivity index (χ3v) is 5.84. The van der Waals surface area contributed by atoms with E-state index in [1.54, 1.807) is 12.1 Å². The number of nitrogens with one attached hydrogen (secondary N) is 1. The zero-order valence-corrected chi connectivity index (χ0v) is 18.6. The molecule has 4 rings (SSSR count). The summed E-state index contributed by atoms with van der Waals surface area (Å²) in [6.45, 7) is 2.51. The second-order valence-electron chi connectivity index (χ2n) is 7.91. The van der Waals surface area contributed by atoms with Crippen LogP contribution in [-0.2, 0) is 11.3 Å². The zero-order valence-electron chi connectivity index (χ0n) is 18.6. The summed E-state index contributed by atoms with van der Waals surface area (Å²) in [4.78, 5) is 24.2. The molecule has 0 spiro atoms. The number of hydrogen-bond acceptors (Lipinski definition) is 3. The Morgan fingerprint density at radius 2 is 1.82 bits per heavy atom. The quantitative estimate of drug-likeness (QED) is 0.376. The smallest absolute Gasteiger partial charge is 0.335 e. The van der Waals surface area contributed by atoms with Gasteiger partial charge in [-0.2, -0.15) is 0 Å². The van der Waals surface area contributed by atoms with Crippen molar-refractivity contribution in [2.75, 3.05) is 12.4 Å². The fraction of sp³-hybridized carbons (Fsp3) is 0.185. The van der Waals surface area contributed by atoms with E-state index in [1.807, 2.05) is 67.7 Å². The van der Waals surface area contributed by atoms with E-state index in [9.17, 15) is 14.7 Å². The lowest BCUT2D eigenvalue weighted by Crippen LogP contribution is -2.20. The summed E-state index contributed by atoms with van der Waals surface area (Å²) in [7, 11) is 1.53. The predicted octanol–water partition coefficient (Wildman–Crippen LogP) is 5.53. The van der Waals surface area contributed by atoms with E-state index in [1.165, 1.54) is 13.2 Å². The van der Waals surface area contributed by atoms with Gasteiger partial charge in [0.25, 0.3) is 0 Å². The van der Waals surface area contributed by atoms with Gasteiger partial charge in [0.2, 0.25) is 5.91 Å². The summed E-state index contributed by atoms with van der Waals surface area (Å²) in [5.41, 5.74) is 3.74. The average Bonchev–Trinajstić information content (AvgIpc) is 3.22. The molecule has 33 heavy (non-hydrogen) atoms. The number of methoxy groups -OCH3 is 1. The van der Waals surface area contributed by atoms with Crippen LogP contribution in [0.4, 0.5) is 5.69 Å². The molecule has 1 aromatic heterocycles. The van der Waals surface area contributed by atoms with Gasteiger partial charge >= 0.3 is 5.97 Å². The molecule has 0 aliphatic rings. The first-order valence-corrected chi connectivity index (χ1v) is 10.8. The van der Waals surface area contributed by atoms with E-state index < -0.39 is 5.97 Å². The van der Waals surface area contributed by atoms with E-state index in [2.05, 4.69) is 9.88 Å². The first kappa shape index (κ1) is 22.1. The SMILES string of the molecule is CC[C@@H](C(=O)Nc1ccc2ccn(Cc3ccc(C(=O)O)cc3OC)c2c1)c1ccccc1. The van der Waals surface area contributed by atoms with Gasteiger partial charge in [-0.05, 0) is 47.7 Å². The molecule has 0 unspecified atom stereocenters. The lowest BCUT2D eigenvalue weighted by atomic mass is 9.95. The molecule has 0 radical (unpaired) electrons. The van der Waals surface area contributed by atoms with Crippen LogP contribution in [0.2, 0.25) is 0 Å². The third-order valence-electron chi connectivity index (χ3n) is 5.84. The van der Waals surface area contributed by atoms with E-state index >= 15 is 0 Å². The second-order valence-corrected chi connectivity index (χ2v) is 7.91. The molecule has 0 aliphatic carbocycles. The Labute approximate surface area is 192 Å². The highest BCUT2D eigenvalue weighted by atomic mass is 16.5. The monoisotopic (exact) mass is 442 g/mol. The number of carboxylic acid groups (broad SMARTS) is 1. The molecule has 1 atom stereocenters. The molecule has 4 aromatic rings. The van der Waals surface area contributed by atoms with Crippen LogP contribution < -0.4 is 10.1 Å². The molecule has 0 saturated carbocycles. The van der Waals surface area contributed by atoms with E-state index in [0.717, 1.165) is 27.7 Å². The summed E-state index contributed by atoms with van der Waals surface area (Å²) in [5, 5.41) is 13.3. The van der Waals surface area contributed by atoms with Crippen LogP contribution >= 0.6 is 0 Å². The van der Waals surface area contributed by atoms with Crippen molar-refractivity contribution in [3.8, 4) is 5.75 Å². The van der Waals surface area contributed by atoms with Gasteiger partial charge < -0.3 is 19.7 Å². The molecule has 6 nitrogen and oxygen atoms in total. The van der Waals surface area contributed by atoms with Gasteiger partial charge in [0, 0.05) is 17.4 Å². The number of aromatic carboxylic acids is 1. The number of carbonyl (C=O) groups is 2. The molecule has 0 aliphatic heterocycles. The number of anilines is 1. The Bertz CT molecular complexity index is 1290. The fourth-order valence-electron chi connectivity index (χ4n) is 4.08. The summed E-state index contributed by atoms with van der Waals surface area (Å²) in [5.74, 6) is -0.722. The van der Waals surface area contributed by atoms with Crippen molar-refractivity contribution < 1.29 is 19.4 Å². The number of aromatic nitrogens is 1. The Hall–Kier alpha value is -4.06. The summed E-state index contributed by atoms with van der Waals surface area (Å²) in [6, 6.07) is 22.5.